The quantitative estimate of drug-likeness (QED) is 0.712. The number of hydrogen-bond donors (Lipinski definition) is 1. The molecular weight excluding hydrogens is 188 g/mol. The average Bonchev–Trinajstić information content (AvgIpc) is 2.68. The van der Waals surface area contributed by atoms with Crippen LogP contribution >= 0.6 is 0 Å². The van der Waals surface area contributed by atoms with E-state index in [1.54, 1.807) is 0 Å². The number of carbonyl (C=O) groups excluding carboxylic acids is 1. The van der Waals surface area contributed by atoms with E-state index in [9.17, 15) is 4.79 Å². The van der Waals surface area contributed by atoms with Crippen LogP contribution in [-0.4, -0.2) is 36.0 Å². The van der Waals surface area contributed by atoms with E-state index in [1.165, 1.54) is 25.7 Å². The first-order chi connectivity index (χ1) is 7.29. The molecule has 0 saturated carbocycles. The highest BCUT2D eigenvalue weighted by Gasteiger charge is 2.29. The highest BCUT2D eigenvalue weighted by Crippen LogP contribution is 2.19. The maximum atomic E-state index is 12.2. The lowest BCUT2D eigenvalue weighted by molar-refractivity contribution is -0.135. The van der Waals surface area contributed by atoms with Gasteiger partial charge in [-0.15, -0.1) is 0 Å². The van der Waals surface area contributed by atoms with Crippen molar-refractivity contribution in [2.24, 2.45) is 0 Å². The normalized spacial score (nSPS) is 32.7. The zero-order valence-corrected chi connectivity index (χ0v) is 9.67. The Hall–Kier alpha value is -0.570. The molecular formula is C12H22N2O. The summed E-state index contributed by atoms with van der Waals surface area (Å²) < 4.78 is 0. The van der Waals surface area contributed by atoms with Gasteiger partial charge in [-0.05, 0) is 39.2 Å². The Bertz CT molecular complexity index is 224. The molecule has 1 unspecified atom stereocenters. The molecule has 86 valence electrons. The molecule has 15 heavy (non-hydrogen) atoms. The standard InChI is InChI=1S/C12H22N2O/c1-10-6-3-2-4-9-14(10)12(15)11-7-5-8-13-11/h10-11,13H,2-9H2,1H3/t10?,11-/m1/s1. The number of nitrogens with zero attached hydrogens (tertiary/aromatic N) is 1. The summed E-state index contributed by atoms with van der Waals surface area (Å²) in [6.45, 7) is 4.18. The van der Waals surface area contributed by atoms with E-state index in [-0.39, 0.29) is 6.04 Å². The first-order valence-electron chi connectivity index (χ1n) is 6.33. The van der Waals surface area contributed by atoms with Gasteiger partial charge < -0.3 is 10.2 Å². The number of carbonyl (C=O) groups is 1. The van der Waals surface area contributed by atoms with Gasteiger partial charge in [0.25, 0.3) is 0 Å². The van der Waals surface area contributed by atoms with Gasteiger partial charge >= 0.3 is 0 Å². The fourth-order valence-corrected chi connectivity index (χ4v) is 2.70. The van der Waals surface area contributed by atoms with E-state index in [1.807, 2.05) is 0 Å². The molecule has 2 atom stereocenters. The molecule has 2 heterocycles. The summed E-state index contributed by atoms with van der Waals surface area (Å²) in [4.78, 5) is 14.3. The van der Waals surface area contributed by atoms with E-state index in [0.29, 0.717) is 11.9 Å². The van der Waals surface area contributed by atoms with Crippen molar-refractivity contribution < 1.29 is 4.79 Å². The summed E-state index contributed by atoms with van der Waals surface area (Å²) in [7, 11) is 0. The number of amides is 1. The molecule has 2 fully saturated rings. The van der Waals surface area contributed by atoms with Crippen LogP contribution in [0.3, 0.4) is 0 Å². The lowest BCUT2D eigenvalue weighted by atomic mass is 10.1. The fourth-order valence-electron chi connectivity index (χ4n) is 2.70. The summed E-state index contributed by atoms with van der Waals surface area (Å²) >= 11 is 0. The molecule has 0 aromatic carbocycles. The Morgan fingerprint density at radius 1 is 1.20 bits per heavy atom. The lowest BCUT2D eigenvalue weighted by Crippen LogP contribution is -2.47. The average molecular weight is 210 g/mol. The van der Waals surface area contributed by atoms with Gasteiger partial charge in [0, 0.05) is 12.6 Å². The minimum atomic E-state index is 0.116. The summed E-state index contributed by atoms with van der Waals surface area (Å²) in [6, 6.07) is 0.563. The third-order valence-corrected chi connectivity index (χ3v) is 3.69. The highest BCUT2D eigenvalue weighted by molar-refractivity contribution is 5.82. The van der Waals surface area contributed by atoms with Gasteiger partial charge in [-0.25, -0.2) is 0 Å². The first kappa shape index (κ1) is 10.9. The molecule has 3 nitrogen and oxygen atoms in total. The molecule has 0 bridgehead atoms. The van der Waals surface area contributed by atoms with Gasteiger partial charge in [-0.1, -0.05) is 12.8 Å². The fraction of sp³-hybridized carbons (Fsp3) is 0.917. The van der Waals surface area contributed by atoms with Crippen molar-refractivity contribution in [3.8, 4) is 0 Å². The minimum Gasteiger partial charge on any atom is -0.339 e. The Kier molecular flexibility index (Phi) is 3.62. The van der Waals surface area contributed by atoms with Crippen molar-refractivity contribution in [3.63, 3.8) is 0 Å². The number of hydrogen-bond acceptors (Lipinski definition) is 2. The van der Waals surface area contributed by atoms with Crippen LogP contribution in [0.1, 0.15) is 45.4 Å². The first-order valence-corrected chi connectivity index (χ1v) is 6.33. The molecule has 0 spiro atoms. The van der Waals surface area contributed by atoms with Gasteiger partial charge in [0.05, 0.1) is 6.04 Å². The van der Waals surface area contributed by atoms with E-state index < -0.39 is 0 Å². The Balaban J connectivity index is 1.96. The topological polar surface area (TPSA) is 32.3 Å². The second-order valence-electron chi connectivity index (χ2n) is 4.88. The third kappa shape index (κ3) is 2.51. The molecule has 2 aliphatic heterocycles. The monoisotopic (exact) mass is 210 g/mol. The van der Waals surface area contributed by atoms with Crippen LogP contribution < -0.4 is 5.32 Å². The van der Waals surface area contributed by atoms with Crippen LogP contribution in [0, 0.1) is 0 Å². The smallest absolute Gasteiger partial charge is 0.239 e. The van der Waals surface area contributed by atoms with Crippen molar-refractivity contribution in [3.05, 3.63) is 0 Å². The minimum absolute atomic E-state index is 0.116. The summed E-state index contributed by atoms with van der Waals surface area (Å²) in [5.41, 5.74) is 0. The number of likely N-dealkylation sites (tertiary alicyclic amines) is 1. The largest absolute Gasteiger partial charge is 0.339 e. The SMILES string of the molecule is CC1CCCCCN1C(=O)[C@H]1CCCN1. The number of rotatable bonds is 1. The van der Waals surface area contributed by atoms with Gasteiger partial charge in [-0.2, -0.15) is 0 Å². The van der Waals surface area contributed by atoms with Crippen molar-refractivity contribution >= 4 is 5.91 Å². The van der Waals surface area contributed by atoms with Gasteiger partial charge in [0.15, 0.2) is 0 Å². The Morgan fingerprint density at radius 3 is 2.80 bits per heavy atom. The molecule has 2 saturated heterocycles. The van der Waals surface area contributed by atoms with Crippen LogP contribution in [0.4, 0.5) is 0 Å². The molecule has 3 heteroatoms. The molecule has 0 aliphatic carbocycles. The second-order valence-corrected chi connectivity index (χ2v) is 4.88. The second kappa shape index (κ2) is 4.97. The molecule has 0 aromatic heterocycles. The summed E-state index contributed by atoms with van der Waals surface area (Å²) in [5, 5.41) is 3.30. The maximum absolute atomic E-state index is 12.2. The predicted molar refractivity (Wildman–Crippen MR) is 60.7 cm³/mol. The van der Waals surface area contributed by atoms with E-state index in [0.717, 1.165) is 25.9 Å². The Labute approximate surface area is 92.2 Å². The predicted octanol–water partition coefficient (Wildman–Crippen LogP) is 1.53. The van der Waals surface area contributed by atoms with E-state index >= 15 is 0 Å². The zero-order chi connectivity index (χ0) is 10.7. The number of nitrogens with one attached hydrogen (secondary N) is 1. The van der Waals surface area contributed by atoms with Gasteiger partial charge in [0.1, 0.15) is 0 Å². The van der Waals surface area contributed by atoms with E-state index in [2.05, 4.69) is 17.1 Å². The van der Waals surface area contributed by atoms with Crippen LogP contribution in [0.25, 0.3) is 0 Å². The van der Waals surface area contributed by atoms with Crippen LogP contribution in [0.2, 0.25) is 0 Å². The molecule has 0 radical (unpaired) electrons. The van der Waals surface area contributed by atoms with Gasteiger partial charge in [0.2, 0.25) is 5.91 Å². The maximum Gasteiger partial charge on any atom is 0.239 e. The van der Waals surface area contributed by atoms with Crippen molar-refractivity contribution in [1.29, 1.82) is 0 Å². The molecule has 1 amide bonds. The van der Waals surface area contributed by atoms with Crippen LogP contribution in [0.5, 0.6) is 0 Å². The van der Waals surface area contributed by atoms with Gasteiger partial charge in [-0.3, -0.25) is 4.79 Å². The molecule has 1 N–H and O–H groups in total. The highest BCUT2D eigenvalue weighted by atomic mass is 16.2. The third-order valence-electron chi connectivity index (χ3n) is 3.69. The zero-order valence-electron chi connectivity index (χ0n) is 9.67. The Morgan fingerprint density at radius 2 is 2.07 bits per heavy atom. The van der Waals surface area contributed by atoms with Crippen LogP contribution in [-0.2, 0) is 4.79 Å². The van der Waals surface area contributed by atoms with E-state index in [4.69, 9.17) is 0 Å². The summed E-state index contributed by atoms with van der Waals surface area (Å²) in [6.07, 6.45) is 7.11. The molecule has 2 rings (SSSR count). The van der Waals surface area contributed by atoms with Crippen molar-refractivity contribution in [1.82, 2.24) is 10.2 Å². The van der Waals surface area contributed by atoms with Crippen molar-refractivity contribution in [2.75, 3.05) is 13.1 Å². The lowest BCUT2D eigenvalue weighted by Gasteiger charge is -2.29. The summed E-state index contributed by atoms with van der Waals surface area (Å²) in [5.74, 6) is 0.349. The molecule has 0 aromatic rings. The van der Waals surface area contributed by atoms with Crippen LogP contribution in [0.15, 0.2) is 0 Å². The van der Waals surface area contributed by atoms with Crippen molar-refractivity contribution in [2.45, 2.75) is 57.5 Å². The molecule has 2 aliphatic rings.